The topological polar surface area (TPSA) is 84.4 Å². The lowest BCUT2D eigenvalue weighted by Gasteiger charge is -2.21. The van der Waals surface area contributed by atoms with E-state index in [-0.39, 0.29) is 17.9 Å². The summed E-state index contributed by atoms with van der Waals surface area (Å²) in [7, 11) is 1.38. The van der Waals surface area contributed by atoms with Gasteiger partial charge in [0.15, 0.2) is 0 Å². The number of aromatic nitrogens is 2. The molecule has 0 aliphatic heterocycles. The molecule has 0 saturated heterocycles. The lowest BCUT2D eigenvalue weighted by Crippen LogP contribution is -2.37. The molecule has 1 aromatic carbocycles. The van der Waals surface area contributed by atoms with E-state index < -0.39 is 11.2 Å². The number of nitrogens with one attached hydrogen (secondary N) is 1. The zero-order chi connectivity index (χ0) is 18.4. The molecule has 2 aromatic rings. The Kier molecular flexibility index (Phi) is 6.16. The maximum Gasteiger partial charge on any atom is 0.328 e. The Hall–Kier alpha value is -2.83. The first-order valence-electron chi connectivity index (χ1n) is 8.23. The van der Waals surface area contributed by atoms with Crippen molar-refractivity contribution in [3.8, 4) is 5.75 Å². The van der Waals surface area contributed by atoms with Gasteiger partial charge in [-0.25, -0.2) is 4.79 Å². The van der Waals surface area contributed by atoms with Crippen LogP contribution in [0.15, 0.2) is 40.1 Å². The third kappa shape index (κ3) is 4.59. The van der Waals surface area contributed by atoms with Gasteiger partial charge in [-0.2, -0.15) is 0 Å². The Morgan fingerprint density at radius 3 is 2.48 bits per heavy atom. The molecule has 1 aromatic heterocycles. The number of benzene rings is 1. The average molecular weight is 345 g/mol. The molecule has 0 fully saturated rings. The molecule has 0 atom stereocenters. The first kappa shape index (κ1) is 18.5. The van der Waals surface area contributed by atoms with Crippen molar-refractivity contribution < 1.29 is 9.53 Å². The summed E-state index contributed by atoms with van der Waals surface area (Å²) < 4.78 is 6.37. The highest BCUT2D eigenvalue weighted by Gasteiger charge is 2.16. The number of amides is 1. The molecule has 25 heavy (non-hydrogen) atoms. The van der Waals surface area contributed by atoms with Crippen molar-refractivity contribution in [2.24, 2.45) is 7.05 Å². The molecule has 0 bridgehead atoms. The normalized spacial score (nSPS) is 10.5. The Labute approximate surface area is 145 Å². The van der Waals surface area contributed by atoms with Gasteiger partial charge in [-0.1, -0.05) is 12.1 Å². The molecule has 7 nitrogen and oxygen atoms in total. The first-order chi connectivity index (χ1) is 12.0. The highest BCUT2D eigenvalue weighted by atomic mass is 16.5. The molecule has 0 unspecified atom stereocenters. The molecule has 7 heteroatoms. The molecule has 134 valence electrons. The maximum absolute atomic E-state index is 12.5. The summed E-state index contributed by atoms with van der Waals surface area (Å²) in [6.45, 7) is 5.39. The molecular formula is C18H23N3O4. The van der Waals surface area contributed by atoms with Crippen molar-refractivity contribution in [2.75, 3.05) is 13.2 Å². The van der Waals surface area contributed by atoms with E-state index in [1.807, 2.05) is 38.1 Å². The molecule has 0 radical (unpaired) electrons. The number of nitrogens with zero attached hydrogens (tertiary/aromatic N) is 2. The number of carbonyl (C=O) groups is 1. The molecule has 0 aliphatic rings. The second-order valence-corrected chi connectivity index (χ2v) is 5.64. The summed E-state index contributed by atoms with van der Waals surface area (Å²) in [6.07, 6.45) is 1.27. The zero-order valence-corrected chi connectivity index (χ0v) is 14.7. The van der Waals surface area contributed by atoms with Crippen LogP contribution in [0.5, 0.6) is 5.75 Å². The predicted octanol–water partition coefficient (Wildman–Crippen LogP) is 1.06. The van der Waals surface area contributed by atoms with Gasteiger partial charge >= 0.3 is 5.69 Å². The van der Waals surface area contributed by atoms with Crippen LogP contribution in [0.4, 0.5) is 0 Å². The summed E-state index contributed by atoms with van der Waals surface area (Å²) in [6, 6.07) is 7.57. The highest BCUT2D eigenvalue weighted by Crippen LogP contribution is 2.14. The molecule has 0 spiro atoms. The van der Waals surface area contributed by atoms with Gasteiger partial charge in [0.1, 0.15) is 5.75 Å². The Bertz CT molecular complexity index is 837. The first-order valence-corrected chi connectivity index (χ1v) is 8.23. The van der Waals surface area contributed by atoms with E-state index in [2.05, 4.69) is 4.98 Å². The minimum atomic E-state index is -0.497. The van der Waals surface area contributed by atoms with Gasteiger partial charge in [0, 0.05) is 31.9 Å². The molecule has 1 amide bonds. The third-order valence-electron chi connectivity index (χ3n) is 3.94. The van der Waals surface area contributed by atoms with Crippen LogP contribution in [0.25, 0.3) is 0 Å². The average Bonchev–Trinajstić information content (AvgIpc) is 2.61. The number of hydrogen-bond donors (Lipinski definition) is 1. The van der Waals surface area contributed by atoms with E-state index in [4.69, 9.17) is 4.74 Å². The molecule has 0 aliphatic carbocycles. The zero-order valence-electron chi connectivity index (χ0n) is 14.7. The number of aromatic amines is 1. The minimum Gasteiger partial charge on any atom is -0.494 e. The summed E-state index contributed by atoms with van der Waals surface area (Å²) in [5.74, 6) is 0.623. The van der Waals surface area contributed by atoms with Crippen LogP contribution in [-0.4, -0.2) is 33.5 Å². The SMILES string of the molecule is CCOc1ccc(CN(CC)C(=O)Cc2c[nH]c(=O)n(C)c2=O)cc1. The second kappa shape index (κ2) is 8.32. The van der Waals surface area contributed by atoms with Crippen LogP contribution >= 0.6 is 0 Å². The largest absolute Gasteiger partial charge is 0.494 e. The predicted molar refractivity (Wildman–Crippen MR) is 94.7 cm³/mol. The van der Waals surface area contributed by atoms with E-state index in [1.165, 1.54) is 13.2 Å². The lowest BCUT2D eigenvalue weighted by molar-refractivity contribution is -0.130. The van der Waals surface area contributed by atoms with Crippen LogP contribution in [0.3, 0.4) is 0 Å². The molecule has 2 rings (SSSR count). The van der Waals surface area contributed by atoms with Crippen LogP contribution < -0.4 is 16.0 Å². The van der Waals surface area contributed by atoms with E-state index in [9.17, 15) is 14.4 Å². The lowest BCUT2D eigenvalue weighted by atomic mass is 10.1. The molecule has 1 heterocycles. The Balaban J connectivity index is 2.09. The van der Waals surface area contributed by atoms with E-state index in [0.717, 1.165) is 15.9 Å². The highest BCUT2D eigenvalue weighted by molar-refractivity contribution is 5.78. The Morgan fingerprint density at radius 1 is 1.20 bits per heavy atom. The van der Waals surface area contributed by atoms with Gasteiger partial charge in [0.05, 0.1) is 13.0 Å². The summed E-state index contributed by atoms with van der Waals surface area (Å²) in [5.41, 5.74) is 0.308. The van der Waals surface area contributed by atoms with Gasteiger partial charge in [-0.15, -0.1) is 0 Å². The van der Waals surface area contributed by atoms with Gasteiger partial charge in [-0.3, -0.25) is 14.2 Å². The van der Waals surface area contributed by atoms with Crippen molar-refractivity contribution in [2.45, 2.75) is 26.8 Å². The van der Waals surface area contributed by atoms with Gasteiger partial charge in [0.25, 0.3) is 5.56 Å². The monoisotopic (exact) mass is 345 g/mol. The smallest absolute Gasteiger partial charge is 0.328 e. The summed E-state index contributed by atoms with van der Waals surface area (Å²) >= 11 is 0. The maximum atomic E-state index is 12.5. The van der Waals surface area contributed by atoms with Crippen molar-refractivity contribution in [1.29, 1.82) is 0 Å². The van der Waals surface area contributed by atoms with E-state index in [1.54, 1.807) is 4.90 Å². The number of likely N-dealkylation sites (N-methyl/N-ethyl adjacent to an activating group) is 1. The van der Waals surface area contributed by atoms with Gasteiger partial charge in [-0.05, 0) is 31.5 Å². The number of ether oxygens (including phenoxy) is 1. The number of rotatable bonds is 7. The second-order valence-electron chi connectivity index (χ2n) is 5.64. The van der Waals surface area contributed by atoms with Crippen LogP contribution in [0, 0.1) is 0 Å². The van der Waals surface area contributed by atoms with Crippen LogP contribution in [0.1, 0.15) is 25.0 Å². The number of hydrogen-bond acceptors (Lipinski definition) is 4. The fourth-order valence-electron chi connectivity index (χ4n) is 2.47. The standard InChI is InChI=1S/C18H23N3O4/c1-4-21(12-13-6-8-15(9-7-13)25-5-2)16(22)10-14-11-19-18(24)20(3)17(14)23/h6-9,11H,4-5,10,12H2,1-3H3,(H,19,24). The third-order valence-corrected chi connectivity index (χ3v) is 3.94. The summed E-state index contributed by atoms with van der Waals surface area (Å²) in [4.78, 5) is 40.1. The molecular weight excluding hydrogens is 322 g/mol. The van der Waals surface area contributed by atoms with Crippen molar-refractivity contribution in [3.63, 3.8) is 0 Å². The van der Waals surface area contributed by atoms with Gasteiger partial charge < -0.3 is 14.6 Å². The van der Waals surface area contributed by atoms with E-state index >= 15 is 0 Å². The number of carbonyl (C=O) groups excluding carboxylic acids is 1. The Morgan fingerprint density at radius 2 is 1.88 bits per heavy atom. The fraction of sp³-hybridized carbons (Fsp3) is 0.389. The molecule has 0 saturated carbocycles. The van der Waals surface area contributed by atoms with Crippen molar-refractivity contribution in [1.82, 2.24) is 14.5 Å². The van der Waals surface area contributed by atoms with E-state index in [0.29, 0.717) is 19.7 Å². The molecule has 1 N–H and O–H groups in total. The number of H-pyrrole nitrogens is 1. The van der Waals surface area contributed by atoms with Crippen LogP contribution in [-0.2, 0) is 24.8 Å². The fourth-order valence-corrected chi connectivity index (χ4v) is 2.47. The van der Waals surface area contributed by atoms with Crippen molar-refractivity contribution >= 4 is 5.91 Å². The van der Waals surface area contributed by atoms with Crippen LogP contribution in [0.2, 0.25) is 0 Å². The minimum absolute atomic E-state index is 0.0473. The van der Waals surface area contributed by atoms with Gasteiger partial charge in [0.2, 0.25) is 5.91 Å². The quantitative estimate of drug-likeness (QED) is 0.813. The van der Waals surface area contributed by atoms with Crippen molar-refractivity contribution in [3.05, 3.63) is 62.4 Å². The summed E-state index contributed by atoms with van der Waals surface area (Å²) in [5, 5.41) is 0.